The second-order valence-electron chi connectivity index (χ2n) is 7.97. The topological polar surface area (TPSA) is 69.4 Å². The molecule has 0 bridgehead atoms. The summed E-state index contributed by atoms with van der Waals surface area (Å²) in [7, 11) is 0. The standard InChI is InChI=1S/C22H41NO3/c1-2-3-4-5-6-7-8-9-10-11-14-17-20-19(22(25)26-20)16-13-12-15-18-21(23)24/h19-20H,2-18H2,1H3,(H2,23,24)/t19-,20+/m1/s1. The molecule has 1 aliphatic rings. The normalized spacial score (nSPS) is 19.2. The fourth-order valence-electron chi connectivity index (χ4n) is 3.81. The second-order valence-corrected chi connectivity index (χ2v) is 7.97. The van der Waals surface area contributed by atoms with Crippen molar-refractivity contribution in [3.05, 3.63) is 0 Å². The summed E-state index contributed by atoms with van der Waals surface area (Å²) in [6.45, 7) is 2.26. The van der Waals surface area contributed by atoms with Gasteiger partial charge in [0.2, 0.25) is 5.91 Å². The largest absolute Gasteiger partial charge is 0.461 e. The van der Waals surface area contributed by atoms with Crippen LogP contribution in [0.3, 0.4) is 0 Å². The third-order valence-corrected chi connectivity index (χ3v) is 5.55. The van der Waals surface area contributed by atoms with Gasteiger partial charge in [-0.25, -0.2) is 0 Å². The van der Waals surface area contributed by atoms with Gasteiger partial charge >= 0.3 is 5.97 Å². The van der Waals surface area contributed by atoms with Gasteiger partial charge in [-0.3, -0.25) is 9.59 Å². The van der Waals surface area contributed by atoms with E-state index in [0.717, 1.165) is 32.1 Å². The van der Waals surface area contributed by atoms with Crippen molar-refractivity contribution < 1.29 is 14.3 Å². The Bertz CT molecular complexity index is 384. The Kier molecular flexibility index (Phi) is 13.3. The predicted octanol–water partition coefficient (Wildman–Crippen LogP) is 5.66. The number of hydrogen-bond donors (Lipinski definition) is 1. The summed E-state index contributed by atoms with van der Waals surface area (Å²) in [5, 5.41) is 0. The molecule has 1 amide bonds. The Morgan fingerprint density at radius 3 is 1.85 bits per heavy atom. The molecule has 0 saturated carbocycles. The predicted molar refractivity (Wildman–Crippen MR) is 107 cm³/mol. The van der Waals surface area contributed by atoms with E-state index >= 15 is 0 Å². The molecule has 0 aromatic heterocycles. The smallest absolute Gasteiger partial charge is 0.313 e. The highest BCUT2D eigenvalue weighted by Crippen LogP contribution is 2.31. The number of nitrogens with two attached hydrogens (primary N) is 1. The van der Waals surface area contributed by atoms with Crippen LogP contribution in [0.2, 0.25) is 0 Å². The van der Waals surface area contributed by atoms with Gasteiger partial charge in [-0.2, -0.15) is 0 Å². The van der Waals surface area contributed by atoms with Gasteiger partial charge in [0.05, 0.1) is 5.92 Å². The Hall–Kier alpha value is -1.06. The summed E-state index contributed by atoms with van der Waals surface area (Å²) in [5.41, 5.74) is 5.13. The number of carbonyl (C=O) groups is 2. The number of esters is 1. The number of carbonyl (C=O) groups excluding carboxylic acids is 2. The van der Waals surface area contributed by atoms with E-state index in [4.69, 9.17) is 10.5 Å². The molecule has 0 aromatic rings. The first kappa shape index (κ1) is 23.0. The van der Waals surface area contributed by atoms with Crippen LogP contribution in [-0.2, 0) is 14.3 Å². The first-order valence-electron chi connectivity index (χ1n) is 11.1. The molecule has 4 nitrogen and oxygen atoms in total. The molecule has 1 fully saturated rings. The maximum atomic E-state index is 11.6. The maximum absolute atomic E-state index is 11.6. The lowest BCUT2D eigenvalue weighted by Crippen LogP contribution is -2.44. The number of primary amides is 1. The first-order chi connectivity index (χ1) is 12.6. The van der Waals surface area contributed by atoms with E-state index in [1.165, 1.54) is 70.6 Å². The van der Waals surface area contributed by atoms with Crippen molar-refractivity contribution in [2.24, 2.45) is 11.7 Å². The summed E-state index contributed by atoms with van der Waals surface area (Å²) < 4.78 is 5.33. The highest BCUT2D eigenvalue weighted by atomic mass is 16.6. The van der Waals surface area contributed by atoms with Crippen LogP contribution < -0.4 is 5.73 Å². The molecule has 1 saturated heterocycles. The van der Waals surface area contributed by atoms with Gasteiger partial charge in [-0.05, 0) is 25.7 Å². The maximum Gasteiger partial charge on any atom is 0.313 e. The lowest BCUT2D eigenvalue weighted by molar-refractivity contribution is -0.186. The van der Waals surface area contributed by atoms with Crippen molar-refractivity contribution in [2.45, 2.75) is 122 Å². The van der Waals surface area contributed by atoms with Crippen LogP contribution in [0.4, 0.5) is 0 Å². The molecule has 2 N–H and O–H groups in total. The van der Waals surface area contributed by atoms with Crippen LogP contribution in [0.15, 0.2) is 0 Å². The molecule has 0 radical (unpaired) electrons. The molecule has 26 heavy (non-hydrogen) atoms. The molecular formula is C22H41NO3. The third kappa shape index (κ3) is 10.8. The Morgan fingerprint density at radius 1 is 0.808 bits per heavy atom. The highest BCUT2D eigenvalue weighted by Gasteiger charge is 2.40. The molecule has 1 heterocycles. The van der Waals surface area contributed by atoms with Gasteiger partial charge < -0.3 is 10.5 Å². The summed E-state index contributed by atoms with van der Waals surface area (Å²) >= 11 is 0. The summed E-state index contributed by atoms with van der Waals surface area (Å²) in [6, 6.07) is 0. The fraction of sp³-hybridized carbons (Fsp3) is 0.909. The monoisotopic (exact) mass is 367 g/mol. The average molecular weight is 368 g/mol. The minimum atomic E-state index is -0.234. The molecule has 4 heteroatoms. The zero-order valence-corrected chi connectivity index (χ0v) is 17.0. The zero-order chi connectivity index (χ0) is 19.0. The van der Waals surface area contributed by atoms with Gasteiger partial charge in [0.1, 0.15) is 6.10 Å². The lowest BCUT2D eigenvalue weighted by atomic mass is 9.87. The highest BCUT2D eigenvalue weighted by molar-refractivity contribution is 5.78. The number of amides is 1. The first-order valence-corrected chi connectivity index (χ1v) is 11.1. The van der Waals surface area contributed by atoms with Crippen molar-refractivity contribution in [3.63, 3.8) is 0 Å². The SMILES string of the molecule is CCCCCCCCCCCCC[C@@H]1OC(=O)[C@@H]1CCCCCC(N)=O. The Labute approximate surface area is 160 Å². The van der Waals surface area contributed by atoms with E-state index in [-0.39, 0.29) is 23.9 Å². The molecule has 0 aliphatic carbocycles. The van der Waals surface area contributed by atoms with Crippen LogP contribution in [0.1, 0.15) is 116 Å². The molecule has 0 aromatic carbocycles. The zero-order valence-electron chi connectivity index (χ0n) is 17.0. The molecule has 0 spiro atoms. The summed E-state index contributed by atoms with van der Waals surface area (Å²) in [5.74, 6) is -0.151. The van der Waals surface area contributed by atoms with Crippen molar-refractivity contribution >= 4 is 11.9 Å². The van der Waals surface area contributed by atoms with Crippen LogP contribution >= 0.6 is 0 Å². The van der Waals surface area contributed by atoms with Crippen molar-refractivity contribution in [1.29, 1.82) is 0 Å². The average Bonchev–Trinajstić information content (AvgIpc) is 2.61. The van der Waals surface area contributed by atoms with E-state index in [0.29, 0.717) is 6.42 Å². The quantitative estimate of drug-likeness (QED) is 0.251. The van der Waals surface area contributed by atoms with E-state index in [9.17, 15) is 9.59 Å². The minimum absolute atomic E-state index is 0.0204. The molecular weight excluding hydrogens is 326 g/mol. The van der Waals surface area contributed by atoms with Crippen molar-refractivity contribution in [1.82, 2.24) is 0 Å². The number of hydrogen-bond acceptors (Lipinski definition) is 3. The van der Waals surface area contributed by atoms with E-state index in [1.54, 1.807) is 0 Å². The summed E-state index contributed by atoms with van der Waals surface area (Å²) in [4.78, 5) is 22.3. The Morgan fingerprint density at radius 2 is 1.31 bits per heavy atom. The van der Waals surface area contributed by atoms with Crippen LogP contribution in [0.5, 0.6) is 0 Å². The van der Waals surface area contributed by atoms with Gasteiger partial charge in [-0.15, -0.1) is 0 Å². The fourth-order valence-corrected chi connectivity index (χ4v) is 3.81. The number of ether oxygens (including phenoxy) is 1. The van der Waals surface area contributed by atoms with E-state index in [2.05, 4.69) is 6.92 Å². The van der Waals surface area contributed by atoms with Crippen LogP contribution in [-0.4, -0.2) is 18.0 Å². The van der Waals surface area contributed by atoms with Gasteiger partial charge in [0.15, 0.2) is 0 Å². The number of cyclic esters (lactones) is 1. The molecule has 2 atom stereocenters. The van der Waals surface area contributed by atoms with Crippen LogP contribution in [0, 0.1) is 5.92 Å². The third-order valence-electron chi connectivity index (χ3n) is 5.55. The molecule has 152 valence electrons. The van der Waals surface area contributed by atoms with Gasteiger partial charge in [0, 0.05) is 6.42 Å². The van der Waals surface area contributed by atoms with Crippen LogP contribution in [0.25, 0.3) is 0 Å². The number of unbranched alkanes of at least 4 members (excludes halogenated alkanes) is 12. The second kappa shape index (κ2) is 15.0. The number of rotatable bonds is 18. The lowest BCUT2D eigenvalue weighted by Gasteiger charge is -2.35. The van der Waals surface area contributed by atoms with Gasteiger partial charge in [0.25, 0.3) is 0 Å². The molecule has 1 rings (SSSR count). The van der Waals surface area contributed by atoms with Gasteiger partial charge in [-0.1, -0.05) is 84.0 Å². The minimum Gasteiger partial charge on any atom is -0.461 e. The van der Waals surface area contributed by atoms with Crippen molar-refractivity contribution in [3.8, 4) is 0 Å². The molecule has 0 unspecified atom stereocenters. The van der Waals surface area contributed by atoms with E-state index in [1.807, 2.05) is 0 Å². The molecule has 1 aliphatic heterocycles. The van der Waals surface area contributed by atoms with E-state index < -0.39 is 0 Å². The van der Waals surface area contributed by atoms with Crippen molar-refractivity contribution in [2.75, 3.05) is 0 Å². The Balaban J connectivity index is 1.90. The summed E-state index contributed by atoms with van der Waals surface area (Å²) in [6.07, 6.45) is 20.1.